The Labute approximate surface area is 126 Å². The highest BCUT2D eigenvalue weighted by atomic mass is 79.9. The van der Waals surface area contributed by atoms with Crippen molar-refractivity contribution in [1.29, 1.82) is 0 Å². The van der Waals surface area contributed by atoms with Crippen LogP contribution < -0.4 is 0 Å². The smallest absolute Gasteiger partial charge is 0.105 e. The molecule has 0 aliphatic heterocycles. The maximum atomic E-state index is 10.2. The van der Waals surface area contributed by atoms with Gasteiger partial charge in [-0.1, -0.05) is 22.9 Å². The predicted molar refractivity (Wildman–Crippen MR) is 82.3 cm³/mol. The van der Waals surface area contributed by atoms with Crippen LogP contribution in [-0.4, -0.2) is 20.6 Å². The predicted octanol–water partition coefficient (Wildman–Crippen LogP) is 3.88. The van der Waals surface area contributed by atoms with E-state index in [0.717, 1.165) is 28.0 Å². The zero-order valence-corrected chi connectivity index (χ0v) is 13.2. The molecule has 1 aromatic heterocycles. The lowest BCUT2D eigenvalue weighted by molar-refractivity contribution is 0.191. The van der Waals surface area contributed by atoms with Crippen molar-refractivity contribution in [2.45, 2.75) is 30.9 Å². The van der Waals surface area contributed by atoms with Crippen LogP contribution in [0.5, 0.6) is 0 Å². The summed E-state index contributed by atoms with van der Waals surface area (Å²) >= 11 is 5.06. The molecule has 0 radical (unpaired) electrons. The first-order valence-electron chi connectivity index (χ1n) is 6.29. The third-order valence-corrected chi connectivity index (χ3v) is 4.36. The lowest BCUT2D eigenvalue weighted by Crippen LogP contribution is -2.10. The third-order valence-electron chi connectivity index (χ3n) is 2.75. The molecule has 3 nitrogen and oxygen atoms in total. The quantitative estimate of drug-likeness (QED) is 0.811. The first-order valence-corrected chi connectivity index (χ1v) is 8.06. The molecule has 1 atom stereocenters. The van der Waals surface area contributed by atoms with Crippen molar-refractivity contribution in [3.8, 4) is 0 Å². The molecule has 2 rings (SSSR count). The summed E-state index contributed by atoms with van der Waals surface area (Å²) in [5.41, 5.74) is 0.895. The molecule has 0 fully saturated rings. The fraction of sp³-hybridized carbons (Fsp3) is 0.357. The van der Waals surface area contributed by atoms with E-state index in [4.69, 9.17) is 0 Å². The van der Waals surface area contributed by atoms with Gasteiger partial charge in [-0.05, 0) is 36.8 Å². The first kappa shape index (κ1) is 14.6. The Hall–Kier alpha value is -0.780. The van der Waals surface area contributed by atoms with Gasteiger partial charge >= 0.3 is 0 Å². The Kier molecular flexibility index (Phi) is 5.48. The van der Waals surface area contributed by atoms with Crippen molar-refractivity contribution in [1.82, 2.24) is 9.78 Å². The van der Waals surface area contributed by atoms with E-state index in [9.17, 15) is 5.11 Å². The van der Waals surface area contributed by atoms with Crippen LogP contribution in [0, 0.1) is 0 Å². The zero-order valence-electron chi connectivity index (χ0n) is 10.8. The molecule has 2 aromatic rings. The molecule has 0 saturated heterocycles. The number of aromatic nitrogens is 2. The summed E-state index contributed by atoms with van der Waals surface area (Å²) < 4.78 is 2.95. The number of aliphatic hydroxyl groups is 1. The molecule has 1 unspecified atom stereocenters. The summed E-state index contributed by atoms with van der Waals surface area (Å²) in [6, 6.07) is 10.0. The molecule has 5 heteroatoms. The molecule has 0 saturated carbocycles. The molecule has 1 N–H and O–H groups in total. The Balaban J connectivity index is 1.95. The molecule has 0 amide bonds. The molecule has 0 spiro atoms. The number of hydrogen-bond acceptors (Lipinski definition) is 3. The van der Waals surface area contributed by atoms with Crippen LogP contribution in [0.2, 0.25) is 0 Å². The SMILES string of the molecule is CCCn1nccc1C(O)CSc1ccc(Br)cc1. The van der Waals surface area contributed by atoms with Crippen molar-refractivity contribution in [3.05, 3.63) is 46.7 Å². The standard InChI is InChI=1S/C14H17BrN2OS/c1-2-9-17-13(7-8-16-17)14(18)10-19-12-5-3-11(15)4-6-12/h3-8,14,18H,2,9-10H2,1H3. The molecule has 102 valence electrons. The maximum Gasteiger partial charge on any atom is 0.105 e. The topological polar surface area (TPSA) is 38.0 Å². The number of nitrogens with zero attached hydrogens (tertiary/aromatic N) is 2. The monoisotopic (exact) mass is 340 g/mol. The summed E-state index contributed by atoms with van der Waals surface area (Å²) in [5.74, 6) is 0.636. The highest BCUT2D eigenvalue weighted by Gasteiger charge is 2.13. The minimum absolute atomic E-state index is 0.484. The molecule has 0 bridgehead atoms. The molecular formula is C14H17BrN2OS. The van der Waals surface area contributed by atoms with Gasteiger partial charge in [-0.25, -0.2) is 0 Å². The zero-order chi connectivity index (χ0) is 13.7. The number of aliphatic hydroxyl groups excluding tert-OH is 1. The van der Waals surface area contributed by atoms with Crippen LogP contribution in [0.3, 0.4) is 0 Å². The average Bonchev–Trinajstić information content (AvgIpc) is 2.86. The number of rotatable bonds is 6. The highest BCUT2D eigenvalue weighted by Crippen LogP contribution is 2.25. The number of hydrogen-bond donors (Lipinski definition) is 1. The van der Waals surface area contributed by atoms with Gasteiger partial charge in [-0.15, -0.1) is 11.8 Å². The van der Waals surface area contributed by atoms with Crippen LogP contribution in [-0.2, 0) is 6.54 Å². The van der Waals surface area contributed by atoms with E-state index in [1.165, 1.54) is 0 Å². The largest absolute Gasteiger partial charge is 0.386 e. The van der Waals surface area contributed by atoms with E-state index in [-0.39, 0.29) is 0 Å². The second kappa shape index (κ2) is 7.12. The van der Waals surface area contributed by atoms with Crippen molar-refractivity contribution in [2.75, 3.05) is 5.75 Å². The van der Waals surface area contributed by atoms with Crippen LogP contribution in [0.15, 0.2) is 45.9 Å². The van der Waals surface area contributed by atoms with Crippen molar-refractivity contribution in [3.63, 3.8) is 0 Å². The molecule has 0 aliphatic rings. The van der Waals surface area contributed by atoms with E-state index in [1.54, 1.807) is 18.0 Å². The fourth-order valence-electron chi connectivity index (χ4n) is 1.82. The van der Waals surface area contributed by atoms with Gasteiger partial charge in [0.05, 0.1) is 5.69 Å². The fourth-order valence-corrected chi connectivity index (χ4v) is 2.93. The second-order valence-corrected chi connectivity index (χ2v) is 6.27. The van der Waals surface area contributed by atoms with Crippen LogP contribution >= 0.6 is 27.7 Å². The van der Waals surface area contributed by atoms with Gasteiger partial charge in [-0.2, -0.15) is 5.10 Å². The van der Waals surface area contributed by atoms with E-state index in [2.05, 4.69) is 28.0 Å². The lowest BCUT2D eigenvalue weighted by Gasteiger charge is -2.12. The number of halogens is 1. The maximum absolute atomic E-state index is 10.2. The molecule has 0 aliphatic carbocycles. The first-order chi connectivity index (χ1) is 9.20. The molecule has 1 aromatic carbocycles. The summed E-state index contributed by atoms with van der Waals surface area (Å²) in [6.45, 7) is 2.96. The number of thioether (sulfide) groups is 1. The van der Waals surface area contributed by atoms with Crippen molar-refractivity contribution in [2.24, 2.45) is 0 Å². The van der Waals surface area contributed by atoms with Crippen LogP contribution in [0.1, 0.15) is 25.1 Å². The van der Waals surface area contributed by atoms with Gasteiger partial charge < -0.3 is 5.11 Å². The van der Waals surface area contributed by atoms with Crippen molar-refractivity contribution < 1.29 is 5.11 Å². The highest BCUT2D eigenvalue weighted by molar-refractivity contribution is 9.10. The average molecular weight is 341 g/mol. The summed E-state index contributed by atoms with van der Waals surface area (Å²) in [7, 11) is 0. The number of benzene rings is 1. The Morgan fingerprint density at radius 1 is 1.32 bits per heavy atom. The summed E-state index contributed by atoms with van der Waals surface area (Å²) in [6.07, 6.45) is 2.28. The van der Waals surface area contributed by atoms with Gasteiger partial charge in [0.2, 0.25) is 0 Å². The van der Waals surface area contributed by atoms with Crippen LogP contribution in [0.4, 0.5) is 0 Å². The molecule has 19 heavy (non-hydrogen) atoms. The Morgan fingerprint density at radius 3 is 2.74 bits per heavy atom. The summed E-state index contributed by atoms with van der Waals surface area (Å²) in [4.78, 5) is 1.16. The Bertz CT molecular complexity index is 512. The van der Waals surface area contributed by atoms with E-state index < -0.39 is 6.10 Å². The summed E-state index contributed by atoms with van der Waals surface area (Å²) in [5, 5.41) is 14.5. The minimum Gasteiger partial charge on any atom is -0.386 e. The van der Waals surface area contributed by atoms with E-state index >= 15 is 0 Å². The lowest BCUT2D eigenvalue weighted by atomic mass is 10.3. The van der Waals surface area contributed by atoms with E-state index in [1.807, 2.05) is 35.0 Å². The van der Waals surface area contributed by atoms with Gasteiger partial charge in [0, 0.05) is 27.9 Å². The van der Waals surface area contributed by atoms with Crippen molar-refractivity contribution >= 4 is 27.7 Å². The molecular weight excluding hydrogens is 324 g/mol. The van der Waals surface area contributed by atoms with Gasteiger partial charge in [-0.3, -0.25) is 4.68 Å². The van der Waals surface area contributed by atoms with Gasteiger partial charge in [0.25, 0.3) is 0 Å². The molecule has 1 heterocycles. The number of aryl methyl sites for hydroxylation is 1. The van der Waals surface area contributed by atoms with Gasteiger partial charge in [0.1, 0.15) is 6.10 Å². The van der Waals surface area contributed by atoms with E-state index in [0.29, 0.717) is 5.75 Å². The van der Waals surface area contributed by atoms with Gasteiger partial charge in [0.15, 0.2) is 0 Å². The Morgan fingerprint density at radius 2 is 2.05 bits per heavy atom. The van der Waals surface area contributed by atoms with Crippen LogP contribution in [0.25, 0.3) is 0 Å². The third kappa shape index (κ3) is 4.09. The second-order valence-electron chi connectivity index (χ2n) is 4.26. The normalized spacial score (nSPS) is 12.6. The minimum atomic E-state index is -0.484.